The van der Waals surface area contributed by atoms with Crippen molar-refractivity contribution < 1.29 is 4.74 Å². The molecule has 1 aromatic rings. The number of ether oxygens (including phenoxy) is 1. The van der Waals surface area contributed by atoms with Gasteiger partial charge in [-0.25, -0.2) is 0 Å². The van der Waals surface area contributed by atoms with Crippen molar-refractivity contribution in [2.45, 2.75) is 48.9 Å². The SMILES string of the molecule is c1ccc(CO[C@H]2C[C@@H](SC3CC3)C2)cc1. The van der Waals surface area contributed by atoms with Crippen LogP contribution < -0.4 is 0 Å². The molecule has 0 unspecified atom stereocenters. The summed E-state index contributed by atoms with van der Waals surface area (Å²) in [5.74, 6) is 0. The Morgan fingerprint density at radius 3 is 2.50 bits per heavy atom. The lowest BCUT2D eigenvalue weighted by molar-refractivity contribution is -0.00501. The molecule has 2 fully saturated rings. The van der Waals surface area contributed by atoms with Gasteiger partial charge in [0.15, 0.2) is 0 Å². The first-order valence-corrected chi connectivity index (χ1v) is 7.15. The Kier molecular flexibility index (Phi) is 3.20. The lowest BCUT2D eigenvalue weighted by Crippen LogP contribution is -2.33. The maximum atomic E-state index is 5.88. The second-order valence-electron chi connectivity index (χ2n) is 4.85. The van der Waals surface area contributed by atoms with Gasteiger partial charge in [-0.05, 0) is 31.2 Å². The van der Waals surface area contributed by atoms with E-state index < -0.39 is 0 Å². The highest BCUT2D eigenvalue weighted by Crippen LogP contribution is 2.44. The van der Waals surface area contributed by atoms with Crippen molar-refractivity contribution in [3.05, 3.63) is 35.9 Å². The Balaban J connectivity index is 1.35. The number of rotatable bonds is 5. The van der Waals surface area contributed by atoms with Crippen LogP contribution in [-0.2, 0) is 11.3 Å². The molecule has 0 aliphatic heterocycles. The lowest BCUT2D eigenvalue weighted by atomic mass is 9.95. The molecule has 0 aromatic heterocycles. The Morgan fingerprint density at radius 2 is 1.81 bits per heavy atom. The molecule has 0 saturated heterocycles. The molecule has 1 nitrogen and oxygen atoms in total. The van der Waals surface area contributed by atoms with Crippen LogP contribution in [0.15, 0.2) is 30.3 Å². The van der Waals surface area contributed by atoms with Crippen LogP contribution in [0.2, 0.25) is 0 Å². The molecular formula is C14H18OS. The zero-order valence-electron chi connectivity index (χ0n) is 9.47. The summed E-state index contributed by atoms with van der Waals surface area (Å²) in [4.78, 5) is 0. The van der Waals surface area contributed by atoms with Crippen LogP contribution in [0, 0.1) is 0 Å². The summed E-state index contributed by atoms with van der Waals surface area (Å²) >= 11 is 2.20. The van der Waals surface area contributed by atoms with Gasteiger partial charge in [0.05, 0.1) is 12.7 Å². The van der Waals surface area contributed by atoms with Gasteiger partial charge < -0.3 is 4.74 Å². The molecule has 2 aliphatic carbocycles. The van der Waals surface area contributed by atoms with E-state index in [1.54, 1.807) is 0 Å². The molecule has 0 radical (unpaired) electrons. The van der Waals surface area contributed by atoms with Crippen LogP contribution in [-0.4, -0.2) is 16.6 Å². The fourth-order valence-corrected chi connectivity index (χ4v) is 3.63. The second kappa shape index (κ2) is 4.80. The quantitative estimate of drug-likeness (QED) is 0.769. The highest BCUT2D eigenvalue weighted by Gasteiger charge is 2.35. The van der Waals surface area contributed by atoms with Gasteiger partial charge >= 0.3 is 0 Å². The minimum Gasteiger partial charge on any atom is -0.373 e. The van der Waals surface area contributed by atoms with E-state index in [0.717, 1.165) is 17.1 Å². The molecular weight excluding hydrogens is 216 g/mol. The molecule has 86 valence electrons. The van der Waals surface area contributed by atoms with E-state index in [1.165, 1.54) is 31.2 Å². The summed E-state index contributed by atoms with van der Waals surface area (Å²) in [6.07, 6.45) is 5.98. The maximum Gasteiger partial charge on any atom is 0.0720 e. The van der Waals surface area contributed by atoms with E-state index in [4.69, 9.17) is 4.74 Å². The highest BCUT2D eigenvalue weighted by molar-refractivity contribution is 8.00. The molecule has 3 rings (SSSR count). The van der Waals surface area contributed by atoms with Crippen LogP contribution in [0.25, 0.3) is 0 Å². The molecule has 2 heteroatoms. The molecule has 0 N–H and O–H groups in total. The van der Waals surface area contributed by atoms with Gasteiger partial charge in [-0.1, -0.05) is 30.3 Å². The standard InChI is InChI=1S/C14H18OS/c1-2-4-11(5-3-1)10-15-12-8-14(9-12)16-13-6-7-13/h1-5,12-14H,6-10H2/t12-,14+. The molecule has 0 spiro atoms. The predicted molar refractivity (Wildman–Crippen MR) is 68.7 cm³/mol. The lowest BCUT2D eigenvalue weighted by Gasteiger charge is -2.34. The van der Waals surface area contributed by atoms with Crippen LogP contribution in [0.5, 0.6) is 0 Å². The van der Waals surface area contributed by atoms with E-state index in [-0.39, 0.29) is 0 Å². The molecule has 0 atom stereocenters. The summed E-state index contributed by atoms with van der Waals surface area (Å²) < 4.78 is 5.88. The smallest absolute Gasteiger partial charge is 0.0720 e. The van der Waals surface area contributed by atoms with Gasteiger partial charge in [0.25, 0.3) is 0 Å². The van der Waals surface area contributed by atoms with Gasteiger partial charge in [0.1, 0.15) is 0 Å². The highest BCUT2D eigenvalue weighted by atomic mass is 32.2. The van der Waals surface area contributed by atoms with Crippen molar-refractivity contribution in [1.29, 1.82) is 0 Å². The minimum absolute atomic E-state index is 0.524. The first-order chi connectivity index (χ1) is 7.90. The fraction of sp³-hybridized carbons (Fsp3) is 0.571. The second-order valence-corrected chi connectivity index (χ2v) is 6.45. The van der Waals surface area contributed by atoms with Crippen LogP contribution in [0.1, 0.15) is 31.2 Å². The van der Waals surface area contributed by atoms with E-state index in [9.17, 15) is 0 Å². The third-order valence-electron chi connectivity index (χ3n) is 3.29. The normalized spacial score (nSPS) is 28.8. The van der Waals surface area contributed by atoms with E-state index in [0.29, 0.717) is 6.10 Å². The van der Waals surface area contributed by atoms with Gasteiger partial charge in [-0.2, -0.15) is 11.8 Å². The predicted octanol–water partition coefficient (Wildman–Crippen LogP) is 3.63. The van der Waals surface area contributed by atoms with Crippen molar-refractivity contribution in [3.8, 4) is 0 Å². The van der Waals surface area contributed by atoms with E-state index in [1.807, 2.05) is 0 Å². The average Bonchev–Trinajstić information content (AvgIpc) is 3.06. The topological polar surface area (TPSA) is 9.23 Å². The Labute approximate surface area is 102 Å². The van der Waals surface area contributed by atoms with Crippen LogP contribution in [0.3, 0.4) is 0 Å². The Morgan fingerprint density at radius 1 is 1.06 bits per heavy atom. The monoisotopic (exact) mass is 234 g/mol. The third kappa shape index (κ3) is 2.80. The largest absolute Gasteiger partial charge is 0.373 e. The zero-order chi connectivity index (χ0) is 10.8. The van der Waals surface area contributed by atoms with Gasteiger partial charge in [0, 0.05) is 10.5 Å². The van der Waals surface area contributed by atoms with Crippen molar-refractivity contribution in [1.82, 2.24) is 0 Å². The first kappa shape index (κ1) is 10.7. The summed E-state index contributed by atoms with van der Waals surface area (Å²) in [6, 6.07) is 10.5. The summed E-state index contributed by atoms with van der Waals surface area (Å²) in [5.41, 5.74) is 1.29. The summed E-state index contributed by atoms with van der Waals surface area (Å²) in [7, 11) is 0. The summed E-state index contributed by atoms with van der Waals surface area (Å²) in [5, 5.41) is 1.90. The third-order valence-corrected chi connectivity index (χ3v) is 4.92. The van der Waals surface area contributed by atoms with Crippen molar-refractivity contribution in [3.63, 3.8) is 0 Å². The molecule has 1 aromatic carbocycles. The van der Waals surface area contributed by atoms with Gasteiger partial charge in [-0.15, -0.1) is 0 Å². The molecule has 16 heavy (non-hydrogen) atoms. The summed E-state index contributed by atoms with van der Waals surface area (Å²) in [6.45, 7) is 0.784. The maximum absolute atomic E-state index is 5.88. The first-order valence-electron chi connectivity index (χ1n) is 6.21. The molecule has 2 aliphatic rings. The average molecular weight is 234 g/mol. The fourth-order valence-electron chi connectivity index (χ4n) is 2.03. The zero-order valence-corrected chi connectivity index (χ0v) is 10.3. The Hall–Kier alpha value is -0.470. The van der Waals surface area contributed by atoms with E-state index >= 15 is 0 Å². The Bertz CT molecular complexity index is 328. The number of hydrogen-bond acceptors (Lipinski definition) is 2. The molecule has 0 bridgehead atoms. The number of hydrogen-bond donors (Lipinski definition) is 0. The van der Waals surface area contributed by atoms with Crippen molar-refractivity contribution in [2.24, 2.45) is 0 Å². The number of benzene rings is 1. The minimum atomic E-state index is 0.524. The van der Waals surface area contributed by atoms with Crippen molar-refractivity contribution >= 4 is 11.8 Å². The van der Waals surface area contributed by atoms with Gasteiger partial charge in [-0.3, -0.25) is 0 Å². The number of thioether (sulfide) groups is 1. The van der Waals surface area contributed by atoms with E-state index in [2.05, 4.69) is 42.1 Å². The van der Waals surface area contributed by atoms with Crippen LogP contribution >= 0.6 is 11.8 Å². The molecule has 0 heterocycles. The molecule has 0 amide bonds. The molecule has 2 saturated carbocycles. The van der Waals surface area contributed by atoms with Gasteiger partial charge in [0.2, 0.25) is 0 Å². The van der Waals surface area contributed by atoms with Crippen molar-refractivity contribution in [2.75, 3.05) is 0 Å². The van der Waals surface area contributed by atoms with Crippen LogP contribution in [0.4, 0.5) is 0 Å².